The van der Waals surface area contributed by atoms with Crippen LogP contribution in [0.2, 0.25) is 0 Å². The molecule has 1 fully saturated rings. The fourth-order valence-electron chi connectivity index (χ4n) is 3.39. The monoisotopic (exact) mass is 374 g/mol. The number of hydrogen-bond donors (Lipinski definition) is 2. The molecule has 146 valence electrons. The van der Waals surface area contributed by atoms with E-state index in [4.69, 9.17) is 9.47 Å². The minimum absolute atomic E-state index is 0.0821. The van der Waals surface area contributed by atoms with Gasteiger partial charge in [0.25, 0.3) is 5.91 Å². The molecule has 27 heavy (non-hydrogen) atoms. The molecule has 1 amide bonds. The predicted molar refractivity (Wildman–Crippen MR) is 98.8 cm³/mol. The van der Waals surface area contributed by atoms with Gasteiger partial charge >= 0.3 is 0 Å². The Hall–Kier alpha value is -2.45. The Balaban J connectivity index is 1.62. The van der Waals surface area contributed by atoms with E-state index in [1.54, 1.807) is 20.3 Å². The van der Waals surface area contributed by atoms with Gasteiger partial charge < -0.3 is 24.5 Å². The Bertz CT molecular complexity index is 799. The van der Waals surface area contributed by atoms with Gasteiger partial charge in [-0.2, -0.15) is 0 Å². The minimum atomic E-state index is -0.156. The smallest absolute Gasteiger partial charge is 0.255 e. The number of aliphatic hydroxyl groups is 1. The standard InChI is InChI=1S/C19H26N4O4/c1-12-4-5-15(16(8-12)27-3)19(25)20-14-9-13(10-14)18-22-21-17(11-24)23(18)6-7-26-2/h4-5,8,13-14,24H,6-7,9-11H2,1-3H3,(H,20,25). The number of amides is 1. The van der Waals surface area contributed by atoms with Gasteiger partial charge in [0.2, 0.25) is 0 Å². The Morgan fingerprint density at radius 1 is 1.33 bits per heavy atom. The van der Waals surface area contributed by atoms with Gasteiger partial charge in [-0.15, -0.1) is 10.2 Å². The molecular formula is C19H26N4O4. The minimum Gasteiger partial charge on any atom is -0.496 e. The molecule has 3 rings (SSSR count). The van der Waals surface area contributed by atoms with Crippen molar-refractivity contribution in [2.24, 2.45) is 0 Å². The Morgan fingerprint density at radius 2 is 2.11 bits per heavy atom. The van der Waals surface area contributed by atoms with Crippen LogP contribution in [0.5, 0.6) is 5.75 Å². The van der Waals surface area contributed by atoms with E-state index in [0.29, 0.717) is 30.3 Å². The molecule has 0 saturated heterocycles. The summed E-state index contributed by atoms with van der Waals surface area (Å²) >= 11 is 0. The number of benzene rings is 1. The third-order valence-electron chi connectivity index (χ3n) is 4.96. The molecule has 0 aliphatic heterocycles. The van der Waals surface area contributed by atoms with Crippen LogP contribution in [0.15, 0.2) is 18.2 Å². The molecular weight excluding hydrogens is 348 g/mol. The van der Waals surface area contributed by atoms with E-state index in [-0.39, 0.29) is 24.5 Å². The van der Waals surface area contributed by atoms with Crippen LogP contribution in [0.3, 0.4) is 0 Å². The lowest BCUT2D eigenvalue weighted by molar-refractivity contribution is 0.0903. The van der Waals surface area contributed by atoms with E-state index in [1.165, 1.54) is 0 Å². The number of carbonyl (C=O) groups is 1. The van der Waals surface area contributed by atoms with Crippen LogP contribution in [0.1, 0.15) is 46.3 Å². The van der Waals surface area contributed by atoms with E-state index < -0.39 is 0 Å². The first kappa shape index (κ1) is 19.3. The number of carbonyl (C=O) groups excluding carboxylic acids is 1. The SMILES string of the molecule is COCCn1c(CO)nnc1C1CC(NC(=O)c2ccc(C)cc2OC)C1. The van der Waals surface area contributed by atoms with Crippen molar-refractivity contribution in [3.05, 3.63) is 41.0 Å². The highest BCUT2D eigenvalue weighted by Crippen LogP contribution is 2.36. The number of nitrogens with zero attached hydrogens (tertiary/aromatic N) is 3. The van der Waals surface area contributed by atoms with E-state index in [2.05, 4.69) is 15.5 Å². The topological polar surface area (TPSA) is 98.5 Å². The quantitative estimate of drug-likeness (QED) is 0.725. The normalized spacial score (nSPS) is 18.8. The Morgan fingerprint density at radius 3 is 2.78 bits per heavy atom. The number of aryl methyl sites for hydroxylation is 1. The second-order valence-corrected chi connectivity index (χ2v) is 6.82. The summed E-state index contributed by atoms with van der Waals surface area (Å²) in [6, 6.07) is 5.62. The average molecular weight is 374 g/mol. The van der Waals surface area contributed by atoms with Crippen molar-refractivity contribution < 1.29 is 19.4 Å². The van der Waals surface area contributed by atoms with E-state index >= 15 is 0 Å². The van der Waals surface area contributed by atoms with Gasteiger partial charge in [0.15, 0.2) is 5.82 Å². The summed E-state index contributed by atoms with van der Waals surface area (Å²) in [6.07, 6.45) is 1.58. The maximum atomic E-state index is 12.6. The third-order valence-corrected chi connectivity index (χ3v) is 4.96. The summed E-state index contributed by atoms with van der Waals surface area (Å²) in [4.78, 5) is 12.6. The zero-order valence-electron chi connectivity index (χ0n) is 15.9. The largest absolute Gasteiger partial charge is 0.496 e. The van der Waals surface area contributed by atoms with Gasteiger partial charge in [0.05, 0.1) is 19.3 Å². The van der Waals surface area contributed by atoms with Gasteiger partial charge in [-0.3, -0.25) is 4.79 Å². The van der Waals surface area contributed by atoms with Crippen LogP contribution >= 0.6 is 0 Å². The van der Waals surface area contributed by atoms with E-state index in [9.17, 15) is 9.90 Å². The van der Waals surface area contributed by atoms with Crippen molar-refractivity contribution in [3.63, 3.8) is 0 Å². The number of methoxy groups -OCH3 is 2. The van der Waals surface area contributed by atoms with Gasteiger partial charge in [0, 0.05) is 25.6 Å². The fourth-order valence-corrected chi connectivity index (χ4v) is 3.39. The molecule has 1 aromatic heterocycles. The lowest BCUT2D eigenvalue weighted by Crippen LogP contribution is -2.44. The molecule has 2 N–H and O–H groups in total. The van der Waals surface area contributed by atoms with Crippen molar-refractivity contribution in [1.29, 1.82) is 0 Å². The second-order valence-electron chi connectivity index (χ2n) is 6.82. The summed E-state index contributed by atoms with van der Waals surface area (Å²) in [7, 11) is 3.20. The number of ether oxygens (including phenoxy) is 2. The van der Waals surface area contributed by atoms with Crippen molar-refractivity contribution in [2.75, 3.05) is 20.8 Å². The highest BCUT2D eigenvalue weighted by atomic mass is 16.5. The molecule has 1 aromatic carbocycles. The van der Waals surface area contributed by atoms with Crippen LogP contribution in [0, 0.1) is 6.92 Å². The molecule has 0 radical (unpaired) electrons. The van der Waals surface area contributed by atoms with Crippen LogP contribution in [-0.4, -0.2) is 52.6 Å². The maximum Gasteiger partial charge on any atom is 0.255 e. The number of rotatable bonds is 8. The average Bonchev–Trinajstić information content (AvgIpc) is 3.04. The Labute approximate surface area is 158 Å². The molecule has 2 aromatic rings. The van der Waals surface area contributed by atoms with Crippen molar-refractivity contribution >= 4 is 5.91 Å². The number of aliphatic hydroxyl groups excluding tert-OH is 1. The number of nitrogens with one attached hydrogen (secondary N) is 1. The summed E-state index contributed by atoms with van der Waals surface area (Å²) in [5.74, 6) is 2.04. The van der Waals surface area contributed by atoms with Crippen LogP contribution < -0.4 is 10.1 Å². The Kier molecular flexibility index (Phi) is 6.08. The van der Waals surface area contributed by atoms with Gasteiger partial charge in [0.1, 0.15) is 18.2 Å². The molecule has 1 saturated carbocycles. The maximum absolute atomic E-state index is 12.6. The van der Waals surface area contributed by atoms with E-state index in [1.807, 2.05) is 23.6 Å². The zero-order valence-corrected chi connectivity index (χ0v) is 15.9. The summed E-state index contributed by atoms with van der Waals surface area (Å²) < 4.78 is 12.4. The lowest BCUT2D eigenvalue weighted by Gasteiger charge is -2.35. The fraction of sp³-hybridized carbons (Fsp3) is 0.526. The summed E-state index contributed by atoms with van der Waals surface area (Å²) in [5, 5.41) is 20.8. The highest BCUT2D eigenvalue weighted by Gasteiger charge is 2.35. The molecule has 0 bridgehead atoms. The zero-order chi connectivity index (χ0) is 19.4. The first-order valence-electron chi connectivity index (χ1n) is 9.04. The first-order valence-corrected chi connectivity index (χ1v) is 9.04. The number of aromatic nitrogens is 3. The predicted octanol–water partition coefficient (Wildman–Crippen LogP) is 1.41. The number of hydrogen-bond acceptors (Lipinski definition) is 6. The molecule has 8 heteroatoms. The molecule has 1 aliphatic carbocycles. The molecule has 0 atom stereocenters. The first-order chi connectivity index (χ1) is 13.1. The lowest BCUT2D eigenvalue weighted by atomic mass is 9.79. The second kappa shape index (κ2) is 8.49. The van der Waals surface area contributed by atoms with Crippen molar-refractivity contribution in [2.45, 2.75) is 44.9 Å². The third kappa shape index (κ3) is 4.12. The highest BCUT2D eigenvalue weighted by molar-refractivity contribution is 5.97. The van der Waals surface area contributed by atoms with Gasteiger partial charge in [-0.25, -0.2) is 0 Å². The molecule has 1 aliphatic rings. The molecule has 8 nitrogen and oxygen atoms in total. The van der Waals surface area contributed by atoms with E-state index in [0.717, 1.165) is 24.2 Å². The molecule has 0 unspecified atom stereocenters. The van der Waals surface area contributed by atoms with Crippen molar-refractivity contribution in [1.82, 2.24) is 20.1 Å². The van der Waals surface area contributed by atoms with Gasteiger partial charge in [-0.05, 0) is 37.5 Å². The molecule has 0 spiro atoms. The van der Waals surface area contributed by atoms with Crippen molar-refractivity contribution in [3.8, 4) is 5.75 Å². The molecule has 1 heterocycles. The van der Waals surface area contributed by atoms with Crippen LogP contribution in [0.4, 0.5) is 0 Å². The van der Waals surface area contributed by atoms with Gasteiger partial charge in [-0.1, -0.05) is 6.07 Å². The summed E-state index contributed by atoms with van der Waals surface area (Å²) in [6.45, 7) is 2.93. The van der Waals surface area contributed by atoms with Crippen LogP contribution in [0.25, 0.3) is 0 Å². The van der Waals surface area contributed by atoms with Crippen LogP contribution in [-0.2, 0) is 17.9 Å². The summed E-state index contributed by atoms with van der Waals surface area (Å²) in [5.41, 5.74) is 1.58.